The van der Waals surface area contributed by atoms with Crippen LogP contribution in [0.5, 0.6) is 5.75 Å². The zero-order valence-electron chi connectivity index (χ0n) is 11.6. The zero-order valence-corrected chi connectivity index (χ0v) is 11.6. The van der Waals surface area contributed by atoms with Crippen molar-refractivity contribution in [2.24, 2.45) is 7.05 Å². The Hall–Kier alpha value is -1.81. The molecule has 0 spiro atoms. The second kappa shape index (κ2) is 5.89. The minimum Gasteiger partial charge on any atom is -0.496 e. The van der Waals surface area contributed by atoms with Crippen LogP contribution in [0.2, 0.25) is 0 Å². The lowest BCUT2D eigenvalue weighted by Crippen LogP contribution is -2.04. The quantitative estimate of drug-likeness (QED) is 0.898. The number of aliphatic hydroxyl groups excluding tert-OH is 1. The molecule has 0 fully saturated rings. The summed E-state index contributed by atoms with van der Waals surface area (Å²) in [4.78, 5) is 0. The van der Waals surface area contributed by atoms with E-state index >= 15 is 0 Å². The summed E-state index contributed by atoms with van der Waals surface area (Å²) in [7, 11) is 3.56. The summed E-state index contributed by atoms with van der Waals surface area (Å²) in [5, 5.41) is 14.4. The average molecular weight is 260 g/mol. The molecular weight excluding hydrogens is 240 g/mol. The number of benzene rings is 1. The molecule has 1 heterocycles. The molecule has 19 heavy (non-hydrogen) atoms. The standard InChI is InChI=1S/C15H20N2O2/c1-11-4-5-12(10-15(11)19-3)14(18)7-6-13-8-9-16-17(13)2/h4-5,8-10,14,18H,6-7H2,1-3H3. The van der Waals surface area contributed by atoms with Gasteiger partial charge in [0.2, 0.25) is 0 Å². The summed E-state index contributed by atoms with van der Waals surface area (Å²) < 4.78 is 7.12. The fourth-order valence-electron chi connectivity index (χ4n) is 2.14. The number of hydrogen-bond acceptors (Lipinski definition) is 3. The summed E-state index contributed by atoms with van der Waals surface area (Å²) in [5.74, 6) is 0.817. The number of nitrogens with zero attached hydrogens (tertiary/aromatic N) is 2. The summed E-state index contributed by atoms with van der Waals surface area (Å²) in [6.07, 6.45) is 2.76. The minimum atomic E-state index is -0.482. The molecule has 1 atom stereocenters. The lowest BCUT2D eigenvalue weighted by atomic mass is 10.0. The first-order chi connectivity index (χ1) is 9.11. The van der Waals surface area contributed by atoms with E-state index in [1.54, 1.807) is 13.3 Å². The van der Waals surface area contributed by atoms with Gasteiger partial charge in [0, 0.05) is 18.9 Å². The van der Waals surface area contributed by atoms with E-state index in [4.69, 9.17) is 4.74 Å². The Kier molecular flexibility index (Phi) is 4.22. The number of hydrogen-bond donors (Lipinski definition) is 1. The third kappa shape index (κ3) is 3.15. The van der Waals surface area contributed by atoms with Crippen LogP contribution >= 0.6 is 0 Å². The molecule has 2 aromatic rings. The van der Waals surface area contributed by atoms with Crippen LogP contribution < -0.4 is 4.74 Å². The zero-order chi connectivity index (χ0) is 13.8. The molecule has 4 nitrogen and oxygen atoms in total. The Morgan fingerprint density at radius 1 is 1.37 bits per heavy atom. The van der Waals surface area contributed by atoms with Crippen molar-refractivity contribution in [1.29, 1.82) is 0 Å². The largest absolute Gasteiger partial charge is 0.496 e. The van der Waals surface area contributed by atoms with Crippen molar-refractivity contribution in [1.82, 2.24) is 9.78 Å². The van der Waals surface area contributed by atoms with Gasteiger partial charge in [0.15, 0.2) is 0 Å². The lowest BCUT2D eigenvalue weighted by Gasteiger charge is -2.13. The third-order valence-electron chi connectivity index (χ3n) is 3.41. The molecule has 0 radical (unpaired) electrons. The Morgan fingerprint density at radius 3 is 2.79 bits per heavy atom. The van der Waals surface area contributed by atoms with Gasteiger partial charge in [-0.3, -0.25) is 4.68 Å². The van der Waals surface area contributed by atoms with Gasteiger partial charge in [-0.1, -0.05) is 12.1 Å². The Bertz CT molecular complexity index is 549. The second-order valence-electron chi connectivity index (χ2n) is 4.73. The van der Waals surface area contributed by atoms with Crippen LogP contribution in [0, 0.1) is 6.92 Å². The maximum absolute atomic E-state index is 10.2. The average Bonchev–Trinajstić information content (AvgIpc) is 2.82. The fourth-order valence-corrected chi connectivity index (χ4v) is 2.14. The lowest BCUT2D eigenvalue weighted by molar-refractivity contribution is 0.166. The van der Waals surface area contributed by atoms with E-state index in [1.165, 1.54) is 0 Å². The Labute approximate surface area is 113 Å². The van der Waals surface area contributed by atoms with Gasteiger partial charge in [0.1, 0.15) is 5.75 Å². The molecule has 1 aromatic carbocycles. The number of aromatic nitrogens is 2. The van der Waals surface area contributed by atoms with E-state index < -0.39 is 6.10 Å². The molecule has 1 unspecified atom stereocenters. The number of aliphatic hydroxyl groups is 1. The first kappa shape index (κ1) is 13.6. The van der Waals surface area contributed by atoms with E-state index in [9.17, 15) is 5.11 Å². The molecular formula is C15H20N2O2. The van der Waals surface area contributed by atoms with Crippen molar-refractivity contribution in [3.05, 3.63) is 47.3 Å². The van der Waals surface area contributed by atoms with Gasteiger partial charge in [-0.15, -0.1) is 0 Å². The van der Waals surface area contributed by atoms with Gasteiger partial charge in [0.25, 0.3) is 0 Å². The minimum absolute atomic E-state index is 0.482. The molecule has 102 valence electrons. The Balaban J connectivity index is 2.03. The highest BCUT2D eigenvalue weighted by Crippen LogP contribution is 2.25. The van der Waals surface area contributed by atoms with Crippen LogP contribution in [0.25, 0.3) is 0 Å². The number of ether oxygens (including phenoxy) is 1. The van der Waals surface area contributed by atoms with Gasteiger partial charge in [-0.25, -0.2) is 0 Å². The smallest absolute Gasteiger partial charge is 0.122 e. The molecule has 0 amide bonds. The molecule has 1 aromatic heterocycles. The molecule has 2 rings (SSSR count). The van der Waals surface area contributed by atoms with Crippen LogP contribution in [0.1, 0.15) is 29.3 Å². The SMILES string of the molecule is COc1cc(C(O)CCc2ccnn2C)ccc1C. The number of methoxy groups -OCH3 is 1. The molecule has 1 N–H and O–H groups in total. The van der Waals surface area contributed by atoms with Crippen molar-refractivity contribution in [2.45, 2.75) is 25.9 Å². The van der Waals surface area contributed by atoms with Crippen molar-refractivity contribution in [3.8, 4) is 5.75 Å². The van der Waals surface area contributed by atoms with Crippen LogP contribution in [0.4, 0.5) is 0 Å². The molecule has 0 aliphatic carbocycles. The van der Waals surface area contributed by atoms with Crippen LogP contribution in [0.15, 0.2) is 30.5 Å². The maximum Gasteiger partial charge on any atom is 0.122 e. The molecule has 0 saturated carbocycles. The summed E-state index contributed by atoms with van der Waals surface area (Å²) in [6.45, 7) is 1.99. The number of aryl methyl sites for hydroxylation is 3. The van der Waals surface area contributed by atoms with Crippen molar-refractivity contribution < 1.29 is 9.84 Å². The van der Waals surface area contributed by atoms with E-state index in [0.717, 1.165) is 29.0 Å². The first-order valence-electron chi connectivity index (χ1n) is 6.41. The third-order valence-corrected chi connectivity index (χ3v) is 3.41. The van der Waals surface area contributed by atoms with Gasteiger partial charge in [-0.05, 0) is 43.0 Å². The number of rotatable bonds is 5. The van der Waals surface area contributed by atoms with Crippen molar-refractivity contribution in [3.63, 3.8) is 0 Å². The highest BCUT2D eigenvalue weighted by atomic mass is 16.5. The molecule has 0 aliphatic heterocycles. The summed E-state index contributed by atoms with van der Waals surface area (Å²) in [5.41, 5.74) is 3.09. The molecule has 0 aliphatic rings. The van der Waals surface area contributed by atoms with Gasteiger partial charge in [0.05, 0.1) is 13.2 Å². The molecule has 0 bridgehead atoms. The second-order valence-corrected chi connectivity index (χ2v) is 4.73. The van der Waals surface area contributed by atoms with E-state index in [1.807, 2.05) is 42.9 Å². The monoisotopic (exact) mass is 260 g/mol. The fraction of sp³-hybridized carbons (Fsp3) is 0.400. The topological polar surface area (TPSA) is 47.3 Å². The van der Waals surface area contributed by atoms with Gasteiger partial charge >= 0.3 is 0 Å². The molecule has 0 saturated heterocycles. The van der Waals surface area contributed by atoms with E-state index in [0.29, 0.717) is 6.42 Å². The normalized spacial score (nSPS) is 12.4. The summed E-state index contributed by atoms with van der Waals surface area (Å²) in [6, 6.07) is 7.80. The van der Waals surface area contributed by atoms with Crippen molar-refractivity contribution >= 4 is 0 Å². The van der Waals surface area contributed by atoms with Crippen molar-refractivity contribution in [2.75, 3.05) is 7.11 Å². The van der Waals surface area contributed by atoms with Gasteiger partial charge in [-0.2, -0.15) is 5.10 Å². The van der Waals surface area contributed by atoms with E-state index in [2.05, 4.69) is 5.10 Å². The molecule has 4 heteroatoms. The van der Waals surface area contributed by atoms with Crippen LogP contribution in [0.3, 0.4) is 0 Å². The maximum atomic E-state index is 10.2. The van der Waals surface area contributed by atoms with Gasteiger partial charge < -0.3 is 9.84 Å². The Morgan fingerprint density at radius 2 is 2.16 bits per heavy atom. The highest BCUT2D eigenvalue weighted by molar-refractivity contribution is 5.37. The first-order valence-corrected chi connectivity index (χ1v) is 6.41. The van der Waals surface area contributed by atoms with Crippen LogP contribution in [-0.2, 0) is 13.5 Å². The van der Waals surface area contributed by atoms with E-state index in [-0.39, 0.29) is 0 Å². The van der Waals surface area contributed by atoms with Crippen LogP contribution in [-0.4, -0.2) is 22.0 Å². The predicted octanol–water partition coefficient (Wildman–Crippen LogP) is 2.40. The summed E-state index contributed by atoms with van der Waals surface area (Å²) >= 11 is 0. The highest BCUT2D eigenvalue weighted by Gasteiger charge is 2.11. The predicted molar refractivity (Wildman–Crippen MR) is 74.2 cm³/mol.